The van der Waals surface area contributed by atoms with Crippen LogP contribution in [0, 0.1) is 13.8 Å². The number of thiazole rings is 1. The standard InChI is InChI=1S/C18H20N2O2S3/c1-11(2)23-18-19-16-8-6-14(10-17(16)24-18)20-25(21,22)15-7-5-12(3)13(4)9-15/h5-11,20H,1-4H3. The number of aryl methyl sites for hydroxylation is 2. The normalized spacial score (nSPS) is 12.0. The lowest BCUT2D eigenvalue weighted by atomic mass is 10.1. The Morgan fingerprint density at radius 2 is 1.84 bits per heavy atom. The molecule has 7 heteroatoms. The number of rotatable bonds is 5. The van der Waals surface area contributed by atoms with Gasteiger partial charge in [-0.25, -0.2) is 13.4 Å². The fraction of sp³-hybridized carbons (Fsp3) is 0.278. The van der Waals surface area contributed by atoms with Gasteiger partial charge in [-0.1, -0.05) is 31.7 Å². The first kappa shape index (κ1) is 18.2. The predicted molar refractivity (Wildman–Crippen MR) is 107 cm³/mol. The van der Waals surface area contributed by atoms with Gasteiger partial charge in [-0.05, 0) is 55.3 Å². The summed E-state index contributed by atoms with van der Waals surface area (Å²) in [6, 6.07) is 10.6. The molecule has 0 unspecified atom stereocenters. The highest BCUT2D eigenvalue weighted by Crippen LogP contribution is 2.33. The first-order chi connectivity index (χ1) is 11.7. The van der Waals surface area contributed by atoms with Crippen molar-refractivity contribution in [3.63, 3.8) is 0 Å². The number of thioether (sulfide) groups is 1. The minimum absolute atomic E-state index is 0.274. The van der Waals surface area contributed by atoms with Crippen molar-refractivity contribution in [1.29, 1.82) is 0 Å². The molecular formula is C18H20N2O2S3. The molecule has 0 aliphatic carbocycles. The van der Waals surface area contributed by atoms with Crippen molar-refractivity contribution in [1.82, 2.24) is 4.98 Å². The topological polar surface area (TPSA) is 59.1 Å². The van der Waals surface area contributed by atoms with E-state index in [9.17, 15) is 8.42 Å². The van der Waals surface area contributed by atoms with Crippen molar-refractivity contribution in [2.75, 3.05) is 4.72 Å². The monoisotopic (exact) mass is 392 g/mol. The largest absolute Gasteiger partial charge is 0.280 e. The van der Waals surface area contributed by atoms with E-state index in [1.54, 1.807) is 41.3 Å². The van der Waals surface area contributed by atoms with Gasteiger partial charge in [0.25, 0.3) is 10.0 Å². The average Bonchev–Trinajstić information content (AvgIpc) is 2.90. The molecule has 0 saturated carbocycles. The smallest absolute Gasteiger partial charge is 0.261 e. The summed E-state index contributed by atoms with van der Waals surface area (Å²) in [5, 5.41) is 0.461. The maximum atomic E-state index is 12.6. The third-order valence-corrected chi connectivity index (χ3v) is 7.24. The van der Waals surface area contributed by atoms with Crippen molar-refractivity contribution in [3.8, 4) is 0 Å². The number of fused-ring (bicyclic) bond motifs is 1. The minimum atomic E-state index is -3.60. The number of hydrogen-bond acceptors (Lipinski definition) is 5. The number of nitrogens with zero attached hydrogens (tertiary/aromatic N) is 1. The Morgan fingerprint density at radius 3 is 2.52 bits per heavy atom. The Hall–Kier alpha value is -1.57. The van der Waals surface area contributed by atoms with E-state index in [-0.39, 0.29) is 4.90 Å². The second-order valence-electron chi connectivity index (χ2n) is 6.18. The molecule has 0 atom stereocenters. The highest BCUT2D eigenvalue weighted by molar-refractivity contribution is 8.01. The van der Waals surface area contributed by atoms with E-state index in [0.29, 0.717) is 10.9 Å². The quantitative estimate of drug-likeness (QED) is 0.605. The zero-order valence-corrected chi connectivity index (χ0v) is 17.0. The van der Waals surface area contributed by atoms with Crippen LogP contribution in [-0.2, 0) is 10.0 Å². The third kappa shape index (κ3) is 4.16. The summed E-state index contributed by atoms with van der Waals surface area (Å²) >= 11 is 3.29. The molecule has 0 aliphatic heterocycles. The van der Waals surface area contributed by atoms with Crippen LogP contribution < -0.4 is 4.72 Å². The Kier molecular flexibility index (Phi) is 5.09. The van der Waals surface area contributed by atoms with Crippen LogP contribution >= 0.6 is 23.1 Å². The molecule has 0 radical (unpaired) electrons. The van der Waals surface area contributed by atoms with Crippen molar-refractivity contribution >= 4 is 49.0 Å². The molecule has 25 heavy (non-hydrogen) atoms. The lowest BCUT2D eigenvalue weighted by Crippen LogP contribution is -2.13. The highest BCUT2D eigenvalue weighted by atomic mass is 32.2. The van der Waals surface area contributed by atoms with E-state index < -0.39 is 10.0 Å². The average molecular weight is 393 g/mol. The molecule has 0 bridgehead atoms. The zero-order chi connectivity index (χ0) is 18.2. The van der Waals surface area contributed by atoms with Crippen LogP contribution in [0.4, 0.5) is 5.69 Å². The van der Waals surface area contributed by atoms with Gasteiger partial charge in [0.1, 0.15) is 0 Å². The van der Waals surface area contributed by atoms with Crippen LogP contribution in [0.3, 0.4) is 0 Å². The molecule has 0 spiro atoms. The number of anilines is 1. The molecule has 1 N–H and O–H groups in total. The first-order valence-corrected chi connectivity index (χ1v) is 11.1. The molecule has 2 aromatic carbocycles. The summed E-state index contributed by atoms with van der Waals surface area (Å²) in [7, 11) is -3.60. The number of hydrogen-bond donors (Lipinski definition) is 1. The van der Waals surface area contributed by atoms with Crippen molar-refractivity contribution in [2.24, 2.45) is 0 Å². The van der Waals surface area contributed by atoms with Gasteiger partial charge in [0.05, 0.1) is 20.8 Å². The molecule has 1 aromatic heterocycles. The lowest BCUT2D eigenvalue weighted by molar-refractivity contribution is 0.601. The van der Waals surface area contributed by atoms with Crippen LogP contribution in [0.5, 0.6) is 0 Å². The maximum Gasteiger partial charge on any atom is 0.261 e. The van der Waals surface area contributed by atoms with E-state index in [0.717, 1.165) is 25.7 Å². The minimum Gasteiger partial charge on any atom is -0.280 e. The number of nitrogens with one attached hydrogen (secondary N) is 1. The van der Waals surface area contributed by atoms with Gasteiger partial charge in [0.15, 0.2) is 4.34 Å². The van der Waals surface area contributed by atoms with Crippen molar-refractivity contribution < 1.29 is 8.42 Å². The Balaban J connectivity index is 1.89. The van der Waals surface area contributed by atoms with E-state index in [4.69, 9.17) is 0 Å². The van der Waals surface area contributed by atoms with E-state index in [2.05, 4.69) is 23.6 Å². The fourth-order valence-electron chi connectivity index (χ4n) is 2.31. The van der Waals surface area contributed by atoms with Crippen molar-refractivity contribution in [3.05, 3.63) is 47.5 Å². The Bertz CT molecular complexity index is 1020. The SMILES string of the molecule is Cc1ccc(S(=O)(=O)Nc2ccc3nc(SC(C)C)sc3c2)cc1C. The van der Waals surface area contributed by atoms with Crippen LogP contribution in [-0.4, -0.2) is 18.7 Å². The summed E-state index contributed by atoms with van der Waals surface area (Å²) in [5.74, 6) is 0. The predicted octanol–water partition coefficient (Wildman–Crippen LogP) is 5.21. The molecule has 0 aliphatic rings. The van der Waals surface area contributed by atoms with Crippen LogP contribution in [0.25, 0.3) is 10.2 Å². The molecule has 1 heterocycles. The Morgan fingerprint density at radius 1 is 1.08 bits per heavy atom. The van der Waals surface area contributed by atoms with Crippen molar-refractivity contribution in [2.45, 2.75) is 42.2 Å². The van der Waals surface area contributed by atoms with Crippen LogP contribution in [0.1, 0.15) is 25.0 Å². The molecule has 0 saturated heterocycles. The van der Waals surface area contributed by atoms with Gasteiger partial charge < -0.3 is 0 Å². The summed E-state index contributed by atoms with van der Waals surface area (Å²) in [4.78, 5) is 4.85. The van der Waals surface area contributed by atoms with Crippen LogP contribution in [0.2, 0.25) is 0 Å². The molecule has 0 fully saturated rings. The number of benzene rings is 2. The van der Waals surface area contributed by atoms with Gasteiger partial charge >= 0.3 is 0 Å². The summed E-state index contributed by atoms with van der Waals surface area (Å²) in [6.45, 7) is 8.12. The summed E-state index contributed by atoms with van der Waals surface area (Å²) in [6.07, 6.45) is 0. The van der Waals surface area contributed by atoms with E-state index in [1.807, 2.05) is 32.0 Å². The molecule has 132 valence electrons. The highest BCUT2D eigenvalue weighted by Gasteiger charge is 2.16. The Labute approximate surface area is 156 Å². The summed E-state index contributed by atoms with van der Waals surface area (Å²) < 4.78 is 29.9. The van der Waals surface area contributed by atoms with Gasteiger partial charge in [-0.2, -0.15) is 0 Å². The maximum absolute atomic E-state index is 12.6. The van der Waals surface area contributed by atoms with E-state index in [1.165, 1.54) is 0 Å². The molecule has 3 rings (SSSR count). The second-order valence-corrected chi connectivity index (χ2v) is 10.7. The van der Waals surface area contributed by atoms with Gasteiger partial charge in [-0.3, -0.25) is 4.72 Å². The van der Waals surface area contributed by atoms with Gasteiger partial charge in [-0.15, -0.1) is 11.3 Å². The number of sulfonamides is 1. The first-order valence-electron chi connectivity index (χ1n) is 7.92. The molecular weight excluding hydrogens is 372 g/mol. The number of aromatic nitrogens is 1. The molecule has 4 nitrogen and oxygen atoms in total. The lowest BCUT2D eigenvalue weighted by Gasteiger charge is -2.09. The van der Waals surface area contributed by atoms with Gasteiger partial charge in [0.2, 0.25) is 0 Å². The summed E-state index contributed by atoms with van der Waals surface area (Å²) in [5.41, 5.74) is 3.47. The van der Waals surface area contributed by atoms with Crippen LogP contribution in [0.15, 0.2) is 45.6 Å². The molecule has 3 aromatic rings. The zero-order valence-electron chi connectivity index (χ0n) is 14.5. The fourth-order valence-corrected chi connectivity index (χ4v) is 5.78. The van der Waals surface area contributed by atoms with Gasteiger partial charge in [0, 0.05) is 5.25 Å². The van der Waals surface area contributed by atoms with E-state index >= 15 is 0 Å². The molecule has 0 amide bonds. The third-order valence-electron chi connectivity index (χ3n) is 3.75. The second kappa shape index (κ2) is 6.97.